The summed E-state index contributed by atoms with van der Waals surface area (Å²) in [5, 5.41) is 13.7. The molecule has 2 aromatic carbocycles. The summed E-state index contributed by atoms with van der Waals surface area (Å²) in [7, 11) is 0. The third-order valence-electron chi connectivity index (χ3n) is 4.28. The van der Waals surface area contributed by atoms with Gasteiger partial charge in [-0.25, -0.2) is 0 Å². The van der Waals surface area contributed by atoms with E-state index in [1.807, 2.05) is 30.3 Å². The molecular formula is C19H22N2O2. The molecule has 0 aliphatic carbocycles. The molecule has 4 heteroatoms. The van der Waals surface area contributed by atoms with Gasteiger partial charge in [-0.2, -0.15) is 0 Å². The Morgan fingerprint density at radius 3 is 2.48 bits per heavy atom. The lowest BCUT2D eigenvalue weighted by Crippen LogP contribution is -2.42. The number of aliphatic hydroxyl groups is 1. The summed E-state index contributed by atoms with van der Waals surface area (Å²) in [5.74, 6) is -0.0113. The Kier molecular flexibility index (Phi) is 4.74. The van der Waals surface area contributed by atoms with E-state index in [2.05, 4.69) is 36.5 Å². The Hall–Kier alpha value is -2.17. The maximum Gasteiger partial charge on any atom is 0.226 e. The van der Waals surface area contributed by atoms with E-state index in [0.29, 0.717) is 19.5 Å². The zero-order valence-corrected chi connectivity index (χ0v) is 13.3. The van der Waals surface area contributed by atoms with Gasteiger partial charge in [0.1, 0.15) is 6.23 Å². The van der Waals surface area contributed by atoms with Crippen LogP contribution in [-0.2, 0) is 17.9 Å². The maximum absolute atomic E-state index is 12.2. The van der Waals surface area contributed by atoms with Gasteiger partial charge in [0.15, 0.2) is 0 Å². The number of benzene rings is 2. The van der Waals surface area contributed by atoms with Crippen molar-refractivity contribution in [2.24, 2.45) is 0 Å². The highest BCUT2D eigenvalue weighted by molar-refractivity contribution is 5.79. The predicted octanol–water partition coefficient (Wildman–Crippen LogP) is 2.20. The lowest BCUT2D eigenvalue weighted by molar-refractivity contribution is -0.134. The number of aliphatic hydroxyl groups excluding tert-OH is 1. The van der Waals surface area contributed by atoms with Crippen LogP contribution in [0.3, 0.4) is 0 Å². The van der Waals surface area contributed by atoms with Gasteiger partial charge in [-0.05, 0) is 18.1 Å². The monoisotopic (exact) mass is 310 g/mol. The second kappa shape index (κ2) is 6.94. The van der Waals surface area contributed by atoms with Crippen molar-refractivity contribution in [3.63, 3.8) is 0 Å². The first-order valence-corrected chi connectivity index (χ1v) is 7.94. The molecule has 120 valence electrons. The van der Waals surface area contributed by atoms with E-state index in [4.69, 9.17) is 0 Å². The minimum Gasteiger partial charge on any atom is -0.372 e. The Bertz CT molecular complexity index is 655. The van der Waals surface area contributed by atoms with Crippen LogP contribution in [0.2, 0.25) is 0 Å². The smallest absolute Gasteiger partial charge is 0.226 e. The van der Waals surface area contributed by atoms with Crippen molar-refractivity contribution in [2.75, 3.05) is 0 Å². The second-order valence-electron chi connectivity index (χ2n) is 6.10. The number of aryl methyl sites for hydroxylation is 1. The Balaban J connectivity index is 1.59. The summed E-state index contributed by atoms with van der Waals surface area (Å²) in [6.45, 7) is 3.15. The molecule has 1 unspecified atom stereocenters. The standard InChI is InChI=1S/C19H22N2O2/c1-14-7-9-15(10-8-14)12-20-17-11-18(22)21(19(17)23)13-16-5-3-2-4-6-16/h2-10,17,19-20,23H,11-13H2,1H3/t17-,19?/m1/s1. The number of carbonyl (C=O) groups excluding carboxylic acids is 1. The molecule has 23 heavy (non-hydrogen) atoms. The van der Waals surface area contributed by atoms with Crippen LogP contribution in [0.15, 0.2) is 54.6 Å². The molecule has 0 radical (unpaired) electrons. The third-order valence-corrected chi connectivity index (χ3v) is 4.28. The largest absolute Gasteiger partial charge is 0.372 e. The zero-order valence-electron chi connectivity index (χ0n) is 13.3. The first-order chi connectivity index (χ1) is 11.1. The van der Waals surface area contributed by atoms with E-state index in [-0.39, 0.29) is 11.9 Å². The summed E-state index contributed by atoms with van der Waals surface area (Å²) in [4.78, 5) is 13.7. The van der Waals surface area contributed by atoms with Gasteiger partial charge in [0.05, 0.1) is 6.04 Å². The van der Waals surface area contributed by atoms with Crippen LogP contribution >= 0.6 is 0 Å². The maximum atomic E-state index is 12.2. The van der Waals surface area contributed by atoms with Crippen molar-refractivity contribution in [2.45, 2.75) is 38.7 Å². The zero-order chi connectivity index (χ0) is 16.2. The van der Waals surface area contributed by atoms with E-state index in [1.165, 1.54) is 5.56 Å². The Morgan fingerprint density at radius 2 is 1.78 bits per heavy atom. The fourth-order valence-electron chi connectivity index (χ4n) is 2.87. The van der Waals surface area contributed by atoms with Gasteiger partial charge in [0.25, 0.3) is 0 Å². The van der Waals surface area contributed by atoms with Gasteiger partial charge in [0.2, 0.25) is 5.91 Å². The molecule has 2 aromatic rings. The highest BCUT2D eigenvalue weighted by atomic mass is 16.3. The first-order valence-electron chi connectivity index (χ1n) is 7.94. The average molecular weight is 310 g/mol. The molecule has 1 amide bonds. The van der Waals surface area contributed by atoms with Crippen molar-refractivity contribution in [1.29, 1.82) is 0 Å². The topological polar surface area (TPSA) is 52.6 Å². The summed E-state index contributed by atoms with van der Waals surface area (Å²) in [5.41, 5.74) is 3.40. The second-order valence-corrected chi connectivity index (χ2v) is 6.10. The summed E-state index contributed by atoms with van der Waals surface area (Å²) in [6.07, 6.45) is -0.451. The lowest BCUT2D eigenvalue weighted by Gasteiger charge is -2.24. The summed E-state index contributed by atoms with van der Waals surface area (Å²) < 4.78 is 0. The van der Waals surface area contributed by atoms with Gasteiger partial charge in [-0.15, -0.1) is 0 Å². The van der Waals surface area contributed by atoms with Gasteiger partial charge in [-0.1, -0.05) is 60.2 Å². The third kappa shape index (κ3) is 3.78. The average Bonchev–Trinajstić information content (AvgIpc) is 2.83. The van der Waals surface area contributed by atoms with Gasteiger partial charge < -0.3 is 15.3 Å². The molecule has 2 atom stereocenters. The molecule has 0 spiro atoms. The van der Waals surface area contributed by atoms with E-state index >= 15 is 0 Å². The number of amides is 1. The van der Waals surface area contributed by atoms with Gasteiger partial charge >= 0.3 is 0 Å². The van der Waals surface area contributed by atoms with Crippen molar-refractivity contribution in [3.05, 3.63) is 71.3 Å². The molecule has 1 aliphatic heterocycles. The number of hydrogen-bond acceptors (Lipinski definition) is 3. The number of carbonyl (C=O) groups is 1. The molecular weight excluding hydrogens is 288 g/mol. The molecule has 1 saturated heterocycles. The quantitative estimate of drug-likeness (QED) is 0.890. The van der Waals surface area contributed by atoms with Crippen molar-refractivity contribution in [3.8, 4) is 0 Å². The minimum absolute atomic E-state index is 0.0113. The van der Waals surface area contributed by atoms with Crippen LogP contribution in [0.5, 0.6) is 0 Å². The molecule has 4 nitrogen and oxygen atoms in total. The van der Waals surface area contributed by atoms with Crippen molar-refractivity contribution in [1.82, 2.24) is 10.2 Å². The van der Waals surface area contributed by atoms with E-state index < -0.39 is 6.23 Å². The molecule has 0 aromatic heterocycles. The van der Waals surface area contributed by atoms with Crippen LogP contribution in [-0.4, -0.2) is 28.2 Å². The normalized spacial score (nSPS) is 21.0. The van der Waals surface area contributed by atoms with Crippen LogP contribution < -0.4 is 5.32 Å². The number of nitrogens with one attached hydrogen (secondary N) is 1. The molecule has 2 N–H and O–H groups in total. The Labute approximate surface area is 136 Å². The number of likely N-dealkylation sites (tertiary alicyclic amines) is 1. The molecule has 1 aliphatic rings. The summed E-state index contributed by atoms with van der Waals surface area (Å²) in [6, 6.07) is 17.8. The lowest BCUT2D eigenvalue weighted by atomic mass is 10.1. The van der Waals surface area contributed by atoms with Crippen molar-refractivity contribution < 1.29 is 9.90 Å². The molecule has 0 bridgehead atoms. The first kappa shape index (κ1) is 15.7. The van der Waals surface area contributed by atoms with Crippen LogP contribution in [0.25, 0.3) is 0 Å². The Morgan fingerprint density at radius 1 is 1.09 bits per heavy atom. The number of hydrogen-bond donors (Lipinski definition) is 2. The van der Waals surface area contributed by atoms with Crippen molar-refractivity contribution >= 4 is 5.91 Å². The number of rotatable bonds is 5. The highest BCUT2D eigenvalue weighted by Crippen LogP contribution is 2.21. The molecule has 0 saturated carbocycles. The fraction of sp³-hybridized carbons (Fsp3) is 0.316. The van der Waals surface area contributed by atoms with E-state index in [1.54, 1.807) is 4.90 Å². The van der Waals surface area contributed by atoms with Crippen LogP contribution in [0.4, 0.5) is 0 Å². The predicted molar refractivity (Wildman–Crippen MR) is 89.4 cm³/mol. The molecule has 3 rings (SSSR count). The minimum atomic E-state index is -0.784. The summed E-state index contributed by atoms with van der Waals surface area (Å²) >= 11 is 0. The van der Waals surface area contributed by atoms with Gasteiger partial charge in [-0.3, -0.25) is 4.79 Å². The van der Waals surface area contributed by atoms with E-state index in [0.717, 1.165) is 11.1 Å². The molecule has 1 heterocycles. The highest BCUT2D eigenvalue weighted by Gasteiger charge is 2.38. The van der Waals surface area contributed by atoms with E-state index in [9.17, 15) is 9.90 Å². The molecule has 1 fully saturated rings. The fourth-order valence-corrected chi connectivity index (χ4v) is 2.87. The number of nitrogens with zero attached hydrogens (tertiary/aromatic N) is 1. The van der Waals surface area contributed by atoms with Gasteiger partial charge in [0, 0.05) is 19.5 Å². The van der Waals surface area contributed by atoms with Crippen LogP contribution in [0, 0.1) is 6.92 Å². The van der Waals surface area contributed by atoms with Crippen LogP contribution in [0.1, 0.15) is 23.1 Å². The SMILES string of the molecule is Cc1ccc(CN[C@@H]2CC(=O)N(Cc3ccccc3)C2O)cc1.